The third-order valence-electron chi connectivity index (χ3n) is 0.981. The van der Waals surface area contributed by atoms with Gasteiger partial charge in [0, 0.05) is 0 Å². The molecule has 0 unspecified atom stereocenters. The molecule has 0 rings (SSSR count). The maximum atomic E-state index is 5.18. The smallest absolute Gasteiger partial charge is 0.00565 e. The number of hydrogen-bond donors (Lipinski definition) is 1. The molecule has 0 aliphatic rings. The Kier molecular flexibility index (Phi) is 4.60. The van der Waals surface area contributed by atoms with Gasteiger partial charge in [-0.2, -0.15) is 0 Å². The maximum absolute atomic E-state index is 5.18. The summed E-state index contributed by atoms with van der Waals surface area (Å²) in [5, 5.41) is 0. The molecule has 0 radical (unpaired) electrons. The molecule has 0 bridgehead atoms. The zero-order valence-electron chi connectivity index (χ0n) is 5.96. The molecule has 0 aromatic carbocycles. The SMILES string of the molecule is C\C=C/C(/C=C/N)=C\C. The largest absolute Gasteiger partial charge is 0.405 e. The second-order valence-electron chi connectivity index (χ2n) is 1.65. The predicted octanol–water partition coefficient (Wildman–Crippen LogP) is 1.98. The van der Waals surface area contributed by atoms with Crippen molar-refractivity contribution in [1.82, 2.24) is 0 Å². The van der Waals surface area contributed by atoms with Gasteiger partial charge < -0.3 is 5.73 Å². The molecule has 0 aromatic heterocycles. The molecule has 0 saturated carbocycles. The van der Waals surface area contributed by atoms with Gasteiger partial charge in [0.1, 0.15) is 0 Å². The van der Waals surface area contributed by atoms with Crippen LogP contribution >= 0.6 is 0 Å². The minimum atomic E-state index is 1.14. The van der Waals surface area contributed by atoms with Gasteiger partial charge in [-0.05, 0) is 31.7 Å². The Balaban J connectivity index is 4.01. The zero-order valence-corrected chi connectivity index (χ0v) is 5.96. The number of hydrogen-bond acceptors (Lipinski definition) is 1. The predicted molar refractivity (Wildman–Crippen MR) is 41.9 cm³/mol. The van der Waals surface area contributed by atoms with E-state index in [9.17, 15) is 0 Å². The molecule has 0 aromatic rings. The van der Waals surface area contributed by atoms with Gasteiger partial charge in [-0.1, -0.05) is 18.2 Å². The molecule has 0 fully saturated rings. The van der Waals surface area contributed by atoms with Crippen LogP contribution in [0.4, 0.5) is 0 Å². The minimum Gasteiger partial charge on any atom is -0.405 e. The van der Waals surface area contributed by atoms with Crippen LogP contribution in [0.3, 0.4) is 0 Å². The van der Waals surface area contributed by atoms with E-state index in [2.05, 4.69) is 0 Å². The van der Waals surface area contributed by atoms with Crippen LogP contribution in [0.25, 0.3) is 0 Å². The Hall–Kier alpha value is -0.980. The average Bonchev–Trinajstić information content (AvgIpc) is 1.88. The number of nitrogens with two attached hydrogens (primary N) is 1. The first-order valence-electron chi connectivity index (χ1n) is 3.02. The standard InChI is InChI=1S/C8H13N/c1-3-5-8(4-2)6-7-9/h3-7H,9H2,1-2H3/b5-3-,7-6+,8-4+. The summed E-state index contributed by atoms with van der Waals surface area (Å²) < 4.78 is 0. The van der Waals surface area contributed by atoms with E-state index >= 15 is 0 Å². The molecule has 0 aliphatic heterocycles. The zero-order chi connectivity index (χ0) is 7.11. The van der Waals surface area contributed by atoms with Crippen molar-refractivity contribution in [3.05, 3.63) is 36.1 Å². The minimum absolute atomic E-state index is 1.14. The first kappa shape index (κ1) is 8.02. The van der Waals surface area contributed by atoms with E-state index in [1.807, 2.05) is 38.2 Å². The van der Waals surface area contributed by atoms with Crippen molar-refractivity contribution in [3.63, 3.8) is 0 Å². The van der Waals surface area contributed by atoms with Crippen molar-refractivity contribution in [2.24, 2.45) is 5.73 Å². The summed E-state index contributed by atoms with van der Waals surface area (Å²) in [5.74, 6) is 0. The van der Waals surface area contributed by atoms with Gasteiger partial charge >= 0.3 is 0 Å². The molecule has 50 valence electrons. The molecule has 1 nitrogen and oxygen atoms in total. The van der Waals surface area contributed by atoms with Gasteiger partial charge in [0.2, 0.25) is 0 Å². The summed E-state index contributed by atoms with van der Waals surface area (Å²) in [4.78, 5) is 0. The van der Waals surface area contributed by atoms with Crippen LogP contribution < -0.4 is 5.73 Å². The van der Waals surface area contributed by atoms with Crippen LogP contribution in [-0.4, -0.2) is 0 Å². The van der Waals surface area contributed by atoms with Gasteiger partial charge in [0.15, 0.2) is 0 Å². The first-order chi connectivity index (χ1) is 4.35. The monoisotopic (exact) mass is 123 g/mol. The molecule has 0 spiro atoms. The van der Waals surface area contributed by atoms with Crippen LogP contribution in [0.5, 0.6) is 0 Å². The third kappa shape index (κ3) is 3.59. The highest BCUT2D eigenvalue weighted by Crippen LogP contribution is 1.96. The Morgan fingerprint density at radius 3 is 2.22 bits per heavy atom. The van der Waals surface area contributed by atoms with E-state index in [0.717, 1.165) is 5.57 Å². The van der Waals surface area contributed by atoms with Crippen molar-refractivity contribution in [2.45, 2.75) is 13.8 Å². The molecule has 9 heavy (non-hydrogen) atoms. The van der Waals surface area contributed by atoms with Crippen LogP contribution in [-0.2, 0) is 0 Å². The van der Waals surface area contributed by atoms with E-state index in [1.165, 1.54) is 6.20 Å². The van der Waals surface area contributed by atoms with E-state index in [0.29, 0.717) is 0 Å². The van der Waals surface area contributed by atoms with Gasteiger partial charge in [0.05, 0.1) is 0 Å². The Morgan fingerprint density at radius 2 is 1.89 bits per heavy atom. The summed E-state index contributed by atoms with van der Waals surface area (Å²) in [6.07, 6.45) is 9.39. The lowest BCUT2D eigenvalue weighted by Gasteiger charge is -1.86. The van der Waals surface area contributed by atoms with Crippen molar-refractivity contribution >= 4 is 0 Å². The topological polar surface area (TPSA) is 26.0 Å². The van der Waals surface area contributed by atoms with E-state index in [-0.39, 0.29) is 0 Å². The highest BCUT2D eigenvalue weighted by molar-refractivity contribution is 5.28. The molecule has 0 heterocycles. The Labute approximate surface area is 56.6 Å². The Bertz CT molecular complexity index is 127. The van der Waals surface area contributed by atoms with Gasteiger partial charge in [-0.3, -0.25) is 0 Å². The lowest BCUT2D eigenvalue weighted by molar-refractivity contribution is 1.52. The first-order valence-corrected chi connectivity index (χ1v) is 3.02. The average molecular weight is 123 g/mol. The fourth-order valence-corrected chi connectivity index (χ4v) is 0.552. The van der Waals surface area contributed by atoms with Gasteiger partial charge in [-0.15, -0.1) is 0 Å². The molecule has 0 atom stereocenters. The second kappa shape index (κ2) is 5.16. The second-order valence-corrected chi connectivity index (χ2v) is 1.65. The van der Waals surface area contributed by atoms with Crippen molar-refractivity contribution < 1.29 is 0 Å². The van der Waals surface area contributed by atoms with Crippen LogP contribution in [0.1, 0.15) is 13.8 Å². The number of allylic oxidation sites excluding steroid dienone is 5. The van der Waals surface area contributed by atoms with Crippen molar-refractivity contribution in [2.75, 3.05) is 0 Å². The van der Waals surface area contributed by atoms with E-state index in [4.69, 9.17) is 5.73 Å². The lowest BCUT2D eigenvalue weighted by atomic mass is 10.2. The lowest BCUT2D eigenvalue weighted by Crippen LogP contribution is -1.77. The molecule has 1 heteroatoms. The van der Waals surface area contributed by atoms with E-state index in [1.54, 1.807) is 0 Å². The van der Waals surface area contributed by atoms with Gasteiger partial charge in [0.25, 0.3) is 0 Å². The molecule has 0 amide bonds. The van der Waals surface area contributed by atoms with Crippen molar-refractivity contribution in [1.29, 1.82) is 0 Å². The summed E-state index contributed by atoms with van der Waals surface area (Å²) in [6, 6.07) is 0. The summed E-state index contributed by atoms with van der Waals surface area (Å²) in [5.41, 5.74) is 6.32. The molecular weight excluding hydrogens is 110 g/mol. The summed E-state index contributed by atoms with van der Waals surface area (Å²) in [6.45, 7) is 3.96. The molecule has 0 aliphatic carbocycles. The van der Waals surface area contributed by atoms with Crippen LogP contribution in [0.2, 0.25) is 0 Å². The Morgan fingerprint density at radius 1 is 1.22 bits per heavy atom. The normalized spacial score (nSPS) is 13.8. The van der Waals surface area contributed by atoms with Gasteiger partial charge in [-0.25, -0.2) is 0 Å². The van der Waals surface area contributed by atoms with Crippen LogP contribution in [0.15, 0.2) is 36.1 Å². The van der Waals surface area contributed by atoms with Crippen molar-refractivity contribution in [3.8, 4) is 0 Å². The molecule has 0 saturated heterocycles. The van der Waals surface area contributed by atoms with E-state index < -0.39 is 0 Å². The third-order valence-corrected chi connectivity index (χ3v) is 0.981. The summed E-state index contributed by atoms with van der Waals surface area (Å²) in [7, 11) is 0. The summed E-state index contributed by atoms with van der Waals surface area (Å²) >= 11 is 0. The highest BCUT2D eigenvalue weighted by atomic mass is 14.5. The molecular formula is C8H13N. The van der Waals surface area contributed by atoms with Crippen LogP contribution in [0, 0.1) is 0 Å². The fourth-order valence-electron chi connectivity index (χ4n) is 0.552. The maximum Gasteiger partial charge on any atom is -0.00565 e. The fraction of sp³-hybridized carbons (Fsp3) is 0.250. The number of rotatable bonds is 2. The highest BCUT2D eigenvalue weighted by Gasteiger charge is 1.77. The molecule has 2 N–H and O–H groups in total. The quantitative estimate of drug-likeness (QED) is 0.558.